The van der Waals surface area contributed by atoms with Gasteiger partial charge in [-0.2, -0.15) is 0 Å². The number of aryl methyl sites for hydroxylation is 1. The van der Waals surface area contributed by atoms with Crippen LogP contribution in [0.4, 0.5) is 5.69 Å². The number of carboxylic acid groups (broad SMARTS) is 1. The Morgan fingerprint density at radius 2 is 1.84 bits per heavy atom. The van der Waals surface area contributed by atoms with Gasteiger partial charge < -0.3 is 5.11 Å². The van der Waals surface area contributed by atoms with Crippen LogP contribution in [0.1, 0.15) is 25.3 Å². The molecule has 0 aliphatic heterocycles. The van der Waals surface area contributed by atoms with Gasteiger partial charge in [-0.25, -0.2) is 8.42 Å². The van der Waals surface area contributed by atoms with E-state index in [1.54, 1.807) is 19.1 Å². The molecule has 0 radical (unpaired) electrons. The van der Waals surface area contributed by atoms with Gasteiger partial charge in [0.2, 0.25) is 10.0 Å². The lowest BCUT2D eigenvalue weighted by Gasteiger charge is -2.23. The summed E-state index contributed by atoms with van der Waals surface area (Å²) in [6.07, 6.45) is 0.254. The average molecular weight is 285 g/mol. The molecule has 106 valence electrons. The average Bonchev–Trinajstić information content (AvgIpc) is 2.35. The van der Waals surface area contributed by atoms with Crippen LogP contribution in [0.25, 0.3) is 0 Å². The number of hydrogen-bond donors (Lipinski definition) is 1. The van der Waals surface area contributed by atoms with Crippen LogP contribution in [0.15, 0.2) is 24.3 Å². The molecule has 0 aromatic heterocycles. The fourth-order valence-corrected chi connectivity index (χ4v) is 2.83. The number of sulfonamides is 1. The fraction of sp³-hybridized carbons (Fsp3) is 0.462. The van der Waals surface area contributed by atoms with E-state index in [1.165, 1.54) is 4.31 Å². The number of rotatable bonds is 7. The fourth-order valence-electron chi connectivity index (χ4n) is 1.67. The summed E-state index contributed by atoms with van der Waals surface area (Å²) in [6.45, 7) is 3.69. The predicted octanol–water partition coefficient (Wildman–Crippen LogP) is 2.02. The summed E-state index contributed by atoms with van der Waals surface area (Å²) >= 11 is 0. The Hall–Kier alpha value is -1.56. The lowest BCUT2D eigenvalue weighted by molar-refractivity contribution is -0.137. The number of benzene rings is 1. The van der Waals surface area contributed by atoms with Crippen molar-refractivity contribution in [1.82, 2.24) is 0 Å². The number of anilines is 1. The van der Waals surface area contributed by atoms with E-state index in [0.29, 0.717) is 12.1 Å². The topological polar surface area (TPSA) is 74.7 Å². The number of nitrogens with zero attached hydrogens (tertiary/aromatic N) is 1. The Labute approximate surface area is 113 Å². The van der Waals surface area contributed by atoms with Crippen LogP contribution in [0.3, 0.4) is 0 Å². The third kappa shape index (κ3) is 4.55. The molecular formula is C13H19NO4S. The molecule has 0 unspecified atom stereocenters. The van der Waals surface area contributed by atoms with Crippen molar-refractivity contribution in [1.29, 1.82) is 0 Å². The Kier molecular flexibility index (Phi) is 5.35. The predicted molar refractivity (Wildman–Crippen MR) is 74.9 cm³/mol. The van der Waals surface area contributed by atoms with Gasteiger partial charge in [0.25, 0.3) is 0 Å². The maximum absolute atomic E-state index is 12.0. The second-order valence-electron chi connectivity index (χ2n) is 4.31. The zero-order chi connectivity index (χ0) is 14.5. The van der Waals surface area contributed by atoms with Crippen LogP contribution in [0.2, 0.25) is 0 Å². The number of aliphatic carboxylic acids is 1. The van der Waals surface area contributed by atoms with Gasteiger partial charge in [-0.15, -0.1) is 0 Å². The van der Waals surface area contributed by atoms with Crippen molar-refractivity contribution in [2.45, 2.75) is 26.7 Å². The van der Waals surface area contributed by atoms with Crippen LogP contribution in [0.5, 0.6) is 0 Å². The molecule has 0 aliphatic rings. The Morgan fingerprint density at radius 3 is 2.32 bits per heavy atom. The molecule has 0 heterocycles. The first kappa shape index (κ1) is 15.5. The number of carboxylic acids is 1. The second-order valence-corrected chi connectivity index (χ2v) is 6.49. The lowest BCUT2D eigenvalue weighted by atomic mass is 10.2. The van der Waals surface area contributed by atoms with Gasteiger partial charge in [-0.1, -0.05) is 17.7 Å². The van der Waals surface area contributed by atoms with Crippen molar-refractivity contribution in [3.63, 3.8) is 0 Å². The minimum Gasteiger partial charge on any atom is -0.481 e. The SMILES string of the molecule is CCS(=O)(=O)N(CCCC(=O)O)c1ccc(C)cc1. The van der Waals surface area contributed by atoms with E-state index in [0.717, 1.165) is 5.56 Å². The molecule has 1 aromatic carbocycles. The Bertz CT molecular complexity index is 522. The smallest absolute Gasteiger partial charge is 0.303 e. The van der Waals surface area contributed by atoms with Crippen molar-refractivity contribution >= 4 is 21.7 Å². The first-order valence-electron chi connectivity index (χ1n) is 6.15. The van der Waals surface area contributed by atoms with Crippen molar-refractivity contribution in [3.8, 4) is 0 Å². The maximum atomic E-state index is 12.0. The molecule has 0 saturated carbocycles. The maximum Gasteiger partial charge on any atom is 0.303 e. The molecule has 0 bridgehead atoms. The monoisotopic (exact) mass is 285 g/mol. The molecule has 1 aromatic rings. The molecule has 0 saturated heterocycles. The van der Waals surface area contributed by atoms with Crippen LogP contribution >= 0.6 is 0 Å². The third-order valence-electron chi connectivity index (χ3n) is 2.77. The van der Waals surface area contributed by atoms with Crippen molar-refractivity contribution in [3.05, 3.63) is 29.8 Å². The van der Waals surface area contributed by atoms with E-state index in [-0.39, 0.29) is 18.7 Å². The van der Waals surface area contributed by atoms with E-state index in [9.17, 15) is 13.2 Å². The zero-order valence-corrected chi connectivity index (χ0v) is 12.0. The third-order valence-corrected chi connectivity index (χ3v) is 4.57. The molecule has 0 fully saturated rings. The normalized spacial score (nSPS) is 11.3. The van der Waals surface area contributed by atoms with Gasteiger partial charge in [0.15, 0.2) is 0 Å². The molecule has 19 heavy (non-hydrogen) atoms. The molecule has 0 spiro atoms. The summed E-state index contributed by atoms with van der Waals surface area (Å²) in [5, 5.41) is 8.63. The summed E-state index contributed by atoms with van der Waals surface area (Å²) in [5.41, 5.74) is 1.63. The van der Waals surface area contributed by atoms with Gasteiger partial charge in [-0.3, -0.25) is 9.10 Å². The zero-order valence-electron chi connectivity index (χ0n) is 11.2. The van der Waals surface area contributed by atoms with Gasteiger partial charge >= 0.3 is 5.97 Å². The molecule has 1 rings (SSSR count). The highest BCUT2D eigenvalue weighted by Crippen LogP contribution is 2.19. The molecule has 5 nitrogen and oxygen atoms in total. The molecular weight excluding hydrogens is 266 g/mol. The quantitative estimate of drug-likeness (QED) is 0.831. The van der Waals surface area contributed by atoms with E-state index in [2.05, 4.69) is 0 Å². The van der Waals surface area contributed by atoms with Gasteiger partial charge in [0.1, 0.15) is 0 Å². The molecule has 6 heteroatoms. The van der Waals surface area contributed by atoms with Crippen molar-refractivity contribution in [2.75, 3.05) is 16.6 Å². The largest absolute Gasteiger partial charge is 0.481 e. The van der Waals surface area contributed by atoms with Gasteiger partial charge in [0, 0.05) is 13.0 Å². The Morgan fingerprint density at radius 1 is 1.26 bits per heavy atom. The highest BCUT2D eigenvalue weighted by molar-refractivity contribution is 7.92. The molecule has 1 N–H and O–H groups in total. The van der Waals surface area contributed by atoms with Crippen LogP contribution < -0.4 is 4.31 Å². The van der Waals surface area contributed by atoms with E-state index in [4.69, 9.17) is 5.11 Å². The Balaban J connectivity index is 2.93. The molecule has 0 amide bonds. The highest BCUT2D eigenvalue weighted by Gasteiger charge is 2.20. The second kappa shape index (κ2) is 6.56. The van der Waals surface area contributed by atoms with Crippen LogP contribution in [-0.2, 0) is 14.8 Å². The van der Waals surface area contributed by atoms with E-state index in [1.807, 2.05) is 19.1 Å². The molecule has 0 atom stereocenters. The molecule has 0 aliphatic carbocycles. The van der Waals surface area contributed by atoms with Gasteiger partial charge in [0.05, 0.1) is 11.4 Å². The van der Waals surface area contributed by atoms with E-state index >= 15 is 0 Å². The first-order valence-corrected chi connectivity index (χ1v) is 7.76. The summed E-state index contributed by atoms with van der Waals surface area (Å²) in [4.78, 5) is 10.5. The van der Waals surface area contributed by atoms with Crippen LogP contribution in [0, 0.1) is 6.92 Å². The summed E-state index contributed by atoms with van der Waals surface area (Å²) in [6, 6.07) is 7.15. The van der Waals surface area contributed by atoms with Crippen molar-refractivity contribution < 1.29 is 18.3 Å². The highest BCUT2D eigenvalue weighted by atomic mass is 32.2. The lowest BCUT2D eigenvalue weighted by Crippen LogP contribution is -2.33. The minimum absolute atomic E-state index is 0.00600. The standard InChI is InChI=1S/C13H19NO4S/c1-3-19(17,18)14(10-4-5-13(15)16)12-8-6-11(2)7-9-12/h6-9H,3-5,10H2,1-2H3,(H,15,16). The van der Waals surface area contributed by atoms with E-state index < -0.39 is 16.0 Å². The first-order chi connectivity index (χ1) is 8.86. The summed E-state index contributed by atoms with van der Waals surface area (Å²) in [7, 11) is -3.38. The summed E-state index contributed by atoms with van der Waals surface area (Å²) < 4.78 is 25.4. The summed E-state index contributed by atoms with van der Waals surface area (Å²) in [5.74, 6) is -0.925. The van der Waals surface area contributed by atoms with Gasteiger partial charge in [-0.05, 0) is 32.4 Å². The number of carbonyl (C=O) groups is 1. The van der Waals surface area contributed by atoms with Crippen molar-refractivity contribution in [2.24, 2.45) is 0 Å². The minimum atomic E-state index is -3.38. The van der Waals surface area contributed by atoms with Crippen LogP contribution in [-0.4, -0.2) is 31.8 Å². The number of hydrogen-bond acceptors (Lipinski definition) is 3.